The summed E-state index contributed by atoms with van der Waals surface area (Å²) in [5, 5.41) is 11.6. The molecule has 0 unspecified atom stereocenters. The van der Waals surface area contributed by atoms with Gasteiger partial charge < -0.3 is 9.84 Å². The largest absolute Gasteiger partial charge is 0.477 e. The molecule has 5 nitrogen and oxygen atoms in total. The fraction of sp³-hybridized carbons (Fsp3) is 0.250. The Morgan fingerprint density at radius 1 is 1.18 bits per heavy atom. The van der Waals surface area contributed by atoms with E-state index < -0.39 is 17.7 Å². The first-order valence-electron chi connectivity index (χ1n) is 6.68. The molecule has 0 saturated carbocycles. The predicted molar refractivity (Wildman–Crippen MR) is 86.6 cm³/mol. The van der Waals surface area contributed by atoms with Gasteiger partial charge in [0, 0.05) is 10.6 Å². The molecule has 1 amide bonds. The summed E-state index contributed by atoms with van der Waals surface area (Å²) in [4.78, 5) is 23.8. The molecule has 2 rings (SSSR count). The second-order valence-electron chi connectivity index (χ2n) is 5.68. The zero-order chi connectivity index (χ0) is 16.3. The van der Waals surface area contributed by atoms with Crippen LogP contribution in [0.15, 0.2) is 36.4 Å². The number of ether oxygens (including phenoxy) is 1. The quantitative estimate of drug-likeness (QED) is 0.875. The molecular weight excluding hydrogens is 302 g/mol. The number of hydrogen-bond acceptors (Lipinski definition) is 4. The monoisotopic (exact) mass is 319 g/mol. The number of nitrogens with one attached hydrogen (secondary N) is 1. The van der Waals surface area contributed by atoms with E-state index in [1.54, 1.807) is 51.1 Å². The molecule has 0 aliphatic rings. The summed E-state index contributed by atoms with van der Waals surface area (Å²) in [5.41, 5.74) is 0.870. The van der Waals surface area contributed by atoms with Gasteiger partial charge in [0.2, 0.25) is 0 Å². The number of carbonyl (C=O) groups is 2. The number of benzene rings is 1. The number of carboxylic acid groups (broad SMARTS) is 1. The van der Waals surface area contributed by atoms with Crippen LogP contribution in [0.4, 0.5) is 10.5 Å². The number of aromatic carboxylic acids is 1. The molecular formula is C16H17NO4S. The molecule has 1 aromatic heterocycles. The molecule has 0 fully saturated rings. The van der Waals surface area contributed by atoms with E-state index in [4.69, 9.17) is 9.84 Å². The standard InChI is InChI=1S/C16H17NO4S/c1-16(2,3)21-15(20)17-11-6-4-5-10(9-11)12-7-8-13(22-12)14(18)19/h4-9H,1-3H3,(H,17,20)(H,18,19). The Hall–Kier alpha value is -2.34. The zero-order valence-corrected chi connectivity index (χ0v) is 13.4. The summed E-state index contributed by atoms with van der Waals surface area (Å²) >= 11 is 1.19. The molecule has 116 valence electrons. The molecule has 0 aliphatic carbocycles. The van der Waals surface area contributed by atoms with Gasteiger partial charge >= 0.3 is 12.1 Å². The van der Waals surface area contributed by atoms with Crippen LogP contribution in [-0.4, -0.2) is 22.8 Å². The lowest BCUT2D eigenvalue weighted by molar-refractivity contribution is 0.0634. The van der Waals surface area contributed by atoms with Crippen molar-refractivity contribution in [2.45, 2.75) is 26.4 Å². The molecule has 6 heteroatoms. The van der Waals surface area contributed by atoms with Crippen LogP contribution in [0.5, 0.6) is 0 Å². The normalized spacial score (nSPS) is 11.0. The fourth-order valence-electron chi connectivity index (χ4n) is 1.78. The van der Waals surface area contributed by atoms with Crippen molar-refractivity contribution in [2.24, 2.45) is 0 Å². The maximum Gasteiger partial charge on any atom is 0.412 e. The summed E-state index contributed by atoms with van der Waals surface area (Å²) in [6.45, 7) is 5.38. The molecule has 22 heavy (non-hydrogen) atoms. The van der Waals surface area contributed by atoms with Crippen LogP contribution in [0.2, 0.25) is 0 Å². The van der Waals surface area contributed by atoms with Crippen LogP contribution in [-0.2, 0) is 4.74 Å². The van der Waals surface area contributed by atoms with Gasteiger partial charge in [0.05, 0.1) is 0 Å². The van der Waals surface area contributed by atoms with E-state index in [1.165, 1.54) is 11.3 Å². The van der Waals surface area contributed by atoms with Crippen LogP contribution in [0, 0.1) is 0 Å². The summed E-state index contributed by atoms with van der Waals surface area (Å²) in [5.74, 6) is -0.945. The van der Waals surface area contributed by atoms with Crippen molar-refractivity contribution in [3.8, 4) is 10.4 Å². The molecule has 2 aromatic rings. The van der Waals surface area contributed by atoms with Crippen LogP contribution in [0.3, 0.4) is 0 Å². The van der Waals surface area contributed by atoms with Gasteiger partial charge in [0.15, 0.2) is 0 Å². The minimum Gasteiger partial charge on any atom is -0.477 e. The number of anilines is 1. The number of amides is 1. The molecule has 2 N–H and O–H groups in total. The molecule has 1 heterocycles. The molecule has 0 atom stereocenters. The smallest absolute Gasteiger partial charge is 0.412 e. The lowest BCUT2D eigenvalue weighted by Gasteiger charge is -2.19. The van der Waals surface area contributed by atoms with Crippen molar-refractivity contribution >= 4 is 29.1 Å². The minimum absolute atomic E-state index is 0.278. The highest BCUT2D eigenvalue weighted by Gasteiger charge is 2.16. The van der Waals surface area contributed by atoms with Crippen molar-refractivity contribution in [1.29, 1.82) is 0 Å². The van der Waals surface area contributed by atoms with E-state index in [1.807, 2.05) is 6.07 Å². The number of thiophene rings is 1. The Labute approximate surface area is 132 Å². The first-order chi connectivity index (χ1) is 10.2. The van der Waals surface area contributed by atoms with E-state index in [2.05, 4.69) is 5.32 Å². The summed E-state index contributed by atoms with van der Waals surface area (Å²) in [6.07, 6.45) is -0.526. The lowest BCUT2D eigenvalue weighted by Crippen LogP contribution is -2.27. The Morgan fingerprint density at radius 3 is 2.50 bits per heavy atom. The van der Waals surface area contributed by atoms with Crippen molar-refractivity contribution in [2.75, 3.05) is 5.32 Å². The van der Waals surface area contributed by atoms with Crippen molar-refractivity contribution in [1.82, 2.24) is 0 Å². The molecule has 1 aromatic carbocycles. The second-order valence-corrected chi connectivity index (χ2v) is 6.76. The summed E-state index contributed by atoms with van der Waals surface area (Å²) < 4.78 is 5.20. The first-order valence-corrected chi connectivity index (χ1v) is 7.50. The highest BCUT2D eigenvalue weighted by atomic mass is 32.1. The third-order valence-corrected chi connectivity index (χ3v) is 3.73. The van der Waals surface area contributed by atoms with Crippen molar-refractivity contribution in [3.05, 3.63) is 41.3 Å². The highest BCUT2D eigenvalue weighted by Crippen LogP contribution is 2.29. The maximum atomic E-state index is 11.8. The maximum absolute atomic E-state index is 11.8. The van der Waals surface area contributed by atoms with Crippen molar-refractivity contribution in [3.63, 3.8) is 0 Å². The Kier molecular flexibility index (Phi) is 4.51. The minimum atomic E-state index is -0.945. The Bertz CT molecular complexity index is 700. The van der Waals surface area contributed by atoms with E-state index in [0.717, 1.165) is 10.4 Å². The van der Waals surface area contributed by atoms with Gasteiger partial charge in [-0.3, -0.25) is 5.32 Å². The van der Waals surface area contributed by atoms with Gasteiger partial charge in [0.25, 0.3) is 0 Å². The van der Waals surface area contributed by atoms with Crippen LogP contribution < -0.4 is 5.32 Å². The van der Waals surface area contributed by atoms with Crippen LogP contribution in [0.25, 0.3) is 10.4 Å². The van der Waals surface area contributed by atoms with Gasteiger partial charge in [-0.05, 0) is 50.6 Å². The number of carboxylic acids is 1. The van der Waals surface area contributed by atoms with Gasteiger partial charge in [-0.25, -0.2) is 9.59 Å². The van der Waals surface area contributed by atoms with E-state index in [-0.39, 0.29) is 4.88 Å². The fourth-order valence-corrected chi connectivity index (χ4v) is 2.62. The molecule has 0 radical (unpaired) electrons. The summed E-state index contributed by atoms with van der Waals surface area (Å²) in [6, 6.07) is 10.5. The van der Waals surface area contributed by atoms with E-state index >= 15 is 0 Å². The molecule has 0 bridgehead atoms. The van der Waals surface area contributed by atoms with Gasteiger partial charge in [-0.2, -0.15) is 0 Å². The van der Waals surface area contributed by atoms with Crippen LogP contribution in [0.1, 0.15) is 30.4 Å². The average molecular weight is 319 g/mol. The average Bonchev–Trinajstić information content (AvgIpc) is 2.86. The SMILES string of the molecule is CC(C)(C)OC(=O)Nc1cccc(-c2ccc(C(=O)O)s2)c1. The number of hydrogen-bond donors (Lipinski definition) is 2. The van der Waals surface area contributed by atoms with Gasteiger partial charge in [0.1, 0.15) is 10.5 Å². The topological polar surface area (TPSA) is 75.6 Å². The van der Waals surface area contributed by atoms with E-state index in [0.29, 0.717) is 5.69 Å². The summed E-state index contributed by atoms with van der Waals surface area (Å²) in [7, 11) is 0. The predicted octanol–water partition coefficient (Wildman–Crippen LogP) is 4.46. The lowest BCUT2D eigenvalue weighted by atomic mass is 10.1. The van der Waals surface area contributed by atoms with Gasteiger partial charge in [-0.15, -0.1) is 11.3 Å². The van der Waals surface area contributed by atoms with Crippen LogP contribution >= 0.6 is 11.3 Å². The Morgan fingerprint density at radius 2 is 1.91 bits per heavy atom. The highest BCUT2D eigenvalue weighted by molar-refractivity contribution is 7.17. The van der Waals surface area contributed by atoms with E-state index in [9.17, 15) is 9.59 Å². The third kappa shape index (κ3) is 4.33. The second kappa shape index (κ2) is 6.19. The molecule has 0 aliphatic heterocycles. The molecule has 0 spiro atoms. The third-order valence-electron chi connectivity index (χ3n) is 2.61. The zero-order valence-electron chi connectivity index (χ0n) is 12.5. The number of carbonyl (C=O) groups excluding carboxylic acids is 1. The number of rotatable bonds is 3. The first kappa shape index (κ1) is 16.0. The van der Waals surface area contributed by atoms with Crippen molar-refractivity contribution < 1.29 is 19.4 Å². The van der Waals surface area contributed by atoms with Gasteiger partial charge in [-0.1, -0.05) is 12.1 Å². The molecule has 0 saturated heterocycles. The Balaban J connectivity index is 2.16.